The van der Waals surface area contributed by atoms with Crippen LogP contribution in [0.2, 0.25) is 0 Å². The molecule has 3 amide bonds. The largest absolute Gasteiger partial charge is 0.369 e. The van der Waals surface area contributed by atoms with Crippen LogP contribution in [0.15, 0.2) is 42.6 Å². The highest BCUT2D eigenvalue weighted by atomic mass is 16.2. The molecule has 9 nitrogen and oxygen atoms in total. The van der Waals surface area contributed by atoms with Crippen LogP contribution in [0.5, 0.6) is 0 Å². The van der Waals surface area contributed by atoms with Gasteiger partial charge >= 0.3 is 0 Å². The van der Waals surface area contributed by atoms with Gasteiger partial charge in [0.05, 0.1) is 18.0 Å². The minimum atomic E-state index is -0.348. The standard InChI is InChI=1S/C22H26N6O3/c1-27-20(26-22(31)17-5-2-10-24-21(17)27)14-6-8-16(9-7-14)25-18(29)13-28-11-3-4-15(12-28)19(23)30/h2,5-10,15,20H,3-4,11-13H2,1H3,(H2,23,30)(H,25,29)(H,26,31)/t15-,20-/m0/s1. The number of hydrogen-bond acceptors (Lipinski definition) is 6. The lowest BCUT2D eigenvalue weighted by Gasteiger charge is -2.35. The van der Waals surface area contributed by atoms with E-state index in [1.165, 1.54) is 0 Å². The van der Waals surface area contributed by atoms with Gasteiger partial charge in [-0.2, -0.15) is 0 Å². The Morgan fingerprint density at radius 1 is 1.26 bits per heavy atom. The summed E-state index contributed by atoms with van der Waals surface area (Å²) in [5, 5.41) is 5.87. The van der Waals surface area contributed by atoms with Gasteiger partial charge in [-0.25, -0.2) is 4.98 Å². The molecule has 4 rings (SSSR count). The van der Waals surface area contributed by atoms with Crippen molar-refractivity contribution in [3.63, 3.8) is 0 Å². The van der Waals surface area contributed by atoms with E-state index >= 15 is 0 Å². The van der Waals surface area contributed by atoms with E-state index in [1.54, 1.807) is 18.3 Å². The number of primary amides is 1. The molecule has 9 heteroatoms. The summed E-state index contributed by atoms with van der Waals surface area (Å²) >= 11 is 0. The smallest absolute Gasteiger partial charge is 0.256 e. The lowest BCUT2D eigenvalue weighted by molar-refractivity contribution is -0.125. The molecule has 1 aromatic heterocycles. The molecule has 1 aromatic carbocycles. The maximum Gasteiger partial charge on any atom is 0.256 e. The highest BCUT2D eigenvalue weighted by Crippen LogP contribution is 2.30. The summed E-state index contributed by atoms with van der Waals surface area (Å²) in [6.45, 7) is 1.51. The molecule has 2 atom stereocenters. The minimum Gasteiger partial charge on any atom is -0.369 e. The molecule has 0 unspecified atom stereocenters. The molecule has 1 fully saturated rings. The van der Waals surface area contributed by atoms with Gasteiger partial charge in [0, 0.05) is 25.5 Å². The van der Waals surface area contributed by atoms with Gasteiger partial charge < -0.3 is 21.3 Å². The number of amides is 3. The summed E-state index contributed by atoms with van der Waals surface area (Å²) in [5.41, 5.74) is 7.49. The molecule has 2 aliphatic heterocycles. The van der Waals surface area contributed by atoms with E-state index in [2.05, 4.69) is 15.6 Å². The molecule has 0 saturated carbocycles. The predicted octanol–water partition coefficient (Wildman–Crippen LogP) is 1.10. The maximum atomic E-state index is 12.4. The quantitative estimate of drug-likeness (QED) is 0.664. The number of hydrogen-bond donors (Lipinski definition) is 3. The Bertz CT molecular complexity index is 993. The van der Waals surface area contributed by atoms with Gasteiger partial charge in [-0.15, -0.1) is 0 Å². The third kappa shape index (κ3) is 4.51. The fraction of sp³-hybridized carbons (Fsp3) is 0.364. The lowest BCUT2D eigenvalue weighted by atomic mass is 9.97. The van der Waals surface area contributed by atoms with E-state index < -0.39 is 0 Å². The molecule has 0 aliphatic carbocycles. The Morgan fingerprint density at radius 3 is 2.77 bits per heavy atom. The number of benzene rings is 1. The number of anilines is 2. The van der Waals surface area contributed by atoms with E-state index in [0.717, 1.165) is 24.9 Å². The first kappa shape index (κ1) is 20.8. The molecule has 3 heterocycles. The van der Waals surface area contributed by atoms with Crippen molar-refractivity contribution >= 4 is 29.2 Å². The molecule has 0 bridgehead atoms. The van der Waals surface area contributed by atoms with Gasteiger partial charge in [0.1, 0.15) is 12.0 Å². The monoisotopic (exact) mass is 422 g/mol. The third-order valence-electron chi connectivity index (χ3n) is 5.81. The Morgan fingerprint density at radius 2 is 2.03 bits per heavy atom. The van der Waals surface area contributed by atoms with Crippen molar-refractivity contribution in [1.82, 2.24) is 15.2 Å². The number of nitrogens with two attached hydrogens (primary N) is 1. The lowest BCUT2D eigenvalue weighted by Crippen LogP contribution is -2.45. The predicted molar refractivity (Wildman–Crippen MR) is 116 cm³/mol. The van der Waals surface area contributed by atoms with E-state index in [0.29, 0.717) is 23.6 Å². The number of nitrogens with zero attached hydrogens (tertiary/aromatic N) is 3. The number of piperidine rings is 1. The van der Waals surface area contributed by atoms with Crippen LogP contribution in [0, 0.1) is 5.92 Å². The van der Waals surface area contributed by atoms with Gasteiger partial charge in [0.2, 0.25) is 11.8 Å². The van der Waals surface area contributed by atoms with E-state index in [1.807, 2.05) is 41.1 Å². The summed E-state index contributed by atoms with van der Waals surface area (Å²) in [7, 11) is 1.88. The first-order chi connectivity index (χ1) is 14.9. The molecule has 4 N–H and O–H groups in total. The van der Waals surface area contributed by atoms with E-state index in [4.69, 9.17) is 5.73 Å². The number of aromatic nitrogens is 1. The van der Waals surface area contributed by atoms with Crippen molar-refractivity contribution in [2.45, 2.75) is 19.0 Å². The second-order valence-electron chi connectivity index (χ2n) is 8.01. The Kier molecular flexibility index (Phi) is 5.85. The van der Waals surface area contributed by atoms with Crippen LogP contribution >= 0.6 is 0 Å². The number of fused-ring (bicyclic) bond motifs is 1. The number of likely N-dealkylation sites (tertiary alicyclic amines) is 1. The summed E-state index contributed by atoms with van der Waals surface area (Å²) in [6.07, 6.45) is 2.95. The van der Waals surface area contributed by atoms with Crippen LogP contribution < -0.4 is 21.3 Å². The highest BCUT2D eigenvalue weighted by Gasteiger charge is 2.30. The SMILES string of the molecule is CN1c2ncccc2C(=O)N[C@@H]1c1ccc(NC(=O)CN2CCC[C@H](C(N)=O)C2)cc1. The van der Waals surface area contributed by atoms with Crippen LogP contribution in [0.1, 0.15) is 34.9 Å². The normalized spacial score (nSPS) is 21.2. The molecule has 0 spiro atoms. The highest BCUT2D eigenvalue weighted by molar-refractivity contribution is 6.01. The Hall–Kier alpha value is -3.46. The topological polar surface area (TPSA) is 121 Å². The van der Waals surface area contributed by atoms with Crippen molar-refractivity contribution in [3.8, 4) is 0 Å². The molecular formula is C22H26N6O3. The van der Waals surface area contributed by atoms with Crippen LogP contribution in [0.4, 0.5) is 11.5 Å². The molecule has 2 aromatic rings. The molecule has 31 heavy (non-hydrogen) atoms. The molecule has 2 aliphatic rings. The van der Waals surface area contributed by atoms with Gasteiger partial charge in [-0.3, -0.25) is 19.3 Å². The zero-order chi connectivity index (χ0) is 22.0. The van der Waals surface area contributed by atoms with Crippen molar-refractivity contribution in [3.05, 3.63) is 53.7 Å². The average molecular weight is 422 g/mol. The van der Waals surface area contributed by atoms with Crippen molar-refractivity contribution in [1.29, 1.82) is 0 Å². The zero-order valence-electron chi connectivity index (χ0n) is 17.4. The van der Waals surface area contributed by atoms with Crippen molar-refractivity contribution < 1.29 is 14.4 Å². The first-order valence-corrected chi connectivity index (χ1v) is 10.3. The first-order valence-electron chi connectivity index (χ1n) is 10.3. The van der Waals surface area contributed by atoms with Gasteiger partial charge in [0.15, 0.2) is 0 Å². The van der Waals surface area contributed by atoms with E-state index in [-0.39, 0.29) is 36.3 Å². The van der Waals surface area contributed by atoms with Crippen LogP contribution in [-0.2, 0) is 9.59 Å². The van der Waals surface area contributed by atoms with E-state index in [9.17, 15) is 14.4 Å². The van der Waals surface area contributed by atoms with Gasteiger partial charge in [-0.05, 0) is 49.2 Å². The van der Waals surface area contributed by atoms with Crippen molar-refractivity contribution in [2.75, 3.05) is 36.9 Å². The number of rotatable bonds is 5. The number of nitrogens with one attached hydrogen (secondary N) is 2. The Labute approximate surface area is 180 Å². The van der Waals surface area contributed by atoms with Crippen LogP contribution in [0.25, 0.3) is 0 Å². The molecule has 162 valence electrons. The molecule has 0 radical (unpaired) electrons. The van der Waals surface area contributed by atoms with Crippen molar-refractivity contribution in [2.24, 2.45) is 11.7 Å². The second-order valence-corrected chi connectivity index (χ2v) is 8.01. The number of pyridine rings is 1. The summed E-state index contributed by atoms with van der Waals surface area (Å²) < 4.78 is 0. The zero-order valence-corrected chi connectivity index (χ0v) is 17.4. The summed E-state index contributed by atoms with van der Waals surface area (Å²) in [4.78, 5) is 44.5. The second kappa shape index (κ2) is 8.73. The number of carbonyl (C=O) groups excluding carboxylic acids is 3. The Balaban J connectivity index is 1.38. The fourth-order valence-electron chi connectivity index (χ4n) is 4.17. The molecule has 1 saturated heterocycles. The van der Waals surface area contributed by atoms with Gasteiger partial charge in [-0.1, -0.05) is 12.1 Å². The fourth-order valence-corrected chi connectivity index (χ4v) is 4.17. The third-order valence-corrected chi connectivity index (χ3v) is 5.81. The van der Waals surface area contributed by atoms with Gasteiger partial charge in [0.25, 0.3) is 5.91 Å². The summed E-state index contributed by atoms with van der Waals surface area (Å²) in [6, 6.07) is 10.8. The summed E-state index contributed by atoms with van der Waals surface area (Å²) in [5.74, 6) is -0.177. The van der Waals surface area contributed by atoms with Crippen LogP contribution in [0.3, 0.4) is 0 Å². The average Bonchev–Trinajstić information content (AvgIpc) is 2.77. The maximum absolute atomic E-state index is 12.4. The van der Waals surface area contributed by atoms with Crippen LogP contribution in [-0.4, -0.2) is 54.3 Å². The minimum absolute atomic E-state index is 0.140. The number of carbonyl (C=O) groups is 3. The molecular weight excluding hydrogens is 396 g/mol.